The van der Waals surface area contributed by atoms with Gasteiger partial charge in [-0.3, -0.25) is 0 Å². The highest BCUT2D eigenvalue weighted by atomic mass is 28.4. The predicted octanol–water partition coefficient (Wildman–Crippen LogP) is 5.98. The lowest BCUT2D eigenvalue weighted by Gasteiger charge is -2.43. The van der Waals surface area contributed by atoms with Crippen LogP contribution >= 0.6 is 0 Å². The Morgan fingerprint density at radius 2 is 1.44 bits per heavy atom. The van der Waals surface area contributed by atoms with Gasteiger partial charge in [-0.25, -0.2) is 4.79 Å². The molecule has 34 heavy (non-hydrogen) atoms. The van der Waals surface area contributed by atoms with Gasteiger partial charge in [-0.15, -0.1) is 0 Å². The van der Waals surface area contributed by atoms with Crippen molar-refractivity contribution in [1.29, 1.82) is 0 Å². The number of rotatable bonds is 8. The first-order valence-electron chi connectivity index (χ1n) is 13.0. The van der Waals surface area contributed by atoms with Crippen LogP contribution in [0, 0.1) is 0 Å². The molecule has 0 saturated carbocycles. The highest BCUT2D eigenvalue weighted by Gasteiger charge is 2.47. The maximum atomic E-state index is 11.4. The molecule has 0 aromatic heterocycles. The quantitative estimate of drug-likeness (QED) is 0.295. The maximum absolute atomic E-state index is 11.4. The van der Waals surface area contributed by atoms with Gasteiger partial charge in [-0.1, -0.05) is 41.5 Å². The van der Waals surface area contributed by atoms with E-state index in [1.165, 1.54) is 6.08 Å². The molecule has 6 nitrogen and oxygen atoms in total. The molecule has 2 saturated heterocycles. The van der Waals surface area contributed by atoms with Crippen molar-refractivity contribution in [3.05, 3.63) is 12.2 Å². The summed E-state index contributed by atoms with van der Waals surface area (Å²) < 4.78 is 31.9. The van der Waals surface area contributed by atoms with Crippen LogP contribution in [0.1, 0.15) is 67.2 Å². The topological polar surface area (TPSA) is 63.2 Å². The second-order valence-corrected chi connectivity index (χ2v) is 22.9. The van der Waals surface area contributed by atoms with E-state index in [9.17, 15) is 4.79 Å². The third-order valence-electron chi connectivity index (χ3n) is 8.71. The fourth-order valence-corrected chi connectivity index (χ4v) is 6.65. The van der Waals surface area contributed by atoms with Crippen LogP contribution in [0.2, 0.25) is 36.3 Å². The van der Waals surface area contributed by atoms with Gasteiger partial charge in [0.2, 0.25) is 0 Å². The number of hydrogen-bond acceptors (Lipinski definition) is 6. The van der Waals surface area contributed by atoms with E-state index in [0.29, 0.717) is 6.61 Å². The Balaban J connectivity index is 1.65. The van der Waals surface area contributed by atoms with E-state index in [1.54, 1.807) is 0 Å². The molecule has 8 heteroatoms. The largest absolute Gasteiger partial charge is 0.452 e. The number of hydrogen-bond donors (Lipinski definition) is 0. The molecule has 0 aromatic rings. The molecule has 0 amide bonds. The van der Waals surface area contributed by atoms with Gasteiger partial charge in [-0.05, 0) is 68.0 Å². The molecule has 3 rings (SSSR count). The molecule has 0 radical (unpaired) electrons. The molecule has 0 aromatic carbocycles. The second kappa shape index (κ2) is 10.1. The molecule has 196 valence electrons. The monoisotopic (exact) mass is 512 g/mol. The van der Waals surface area contributed by atoms with Gasteiger partial charge in [0.05, 0.1) is 37.1 Å². The summed E-state index contributed by atoms with van der Waals surface area (Å²) in [6.45, 7) is 23.4. The van der Waals surface area contributed by atoms with Crippen molar-refractivity contribution in [2.24, 2.45) is 0 Å². The van der Waals surface area contributed by atoms with E-state index >= 15 is 0 Å². The molecule has 3 aliphatic rings. The summed E-state index contributed by atoms with van der Waals surface area (Å²) in [5.41, 5.74) is 0. The molecular formula is C26H48O6Si2. The molecule has 0 bridgehead atoms. The summed E-state index contributed by atoms with van der Waals surface area (Å²) in [4.78, 5) is 11.4. The fraction of sp³-hybridized carbons (Fsp3) is 0.885. The van der Waals surface area contributed by atoms with Crippen LogP contribution in [0.5, 0.6) is 0 Å². The van der Waals surface area contributed by atoms with E-state index in [4.69, 9.17) is 23.1 Å². The molecule has 6 atom stereocenters. The van der Waals surface area contributed by atoms with E-state index in [0.717, 1.165) is 25.7 Å². The average molecular weight is 513 g/mol. The van der Waals surface area contributed by atoms with Gasteiger partial charge in [0, 0.05) is 6.08 Å². The van der Waals surface area contributed by atoms with Crippen LogP contribution in [0.3, 0.4) is 0 Å². The molecular weight excluding hydrogens is 464 g/mol. The Kier molecular flexibility index (Phi) is 8.33. The summed E-state index contributed by atoms with van der Waals surface area (Å²) in [5, 5.41) is 0.271. The van der Waals surface area contributed by atoms with E-state index < -0.39 is 16.6 Å². The first kappa shape index (κ1) is 28.1. The SMILES string of the molecule is CC(C)(C)[Si](C)(C)OC[C@@H](O[Si](C)(C)C(C)(C)C)[C@H]1CC[C@H]([C@H]2CC[C@@H]([C@@H]3C=CC(=O)O3)O2)O1. The van der Waals surface area contributed by atoms with Crippen molar-refractivity contribution < 1.29 is 27.9 Å². The lowest BCUT2D eigenvalue weighted by Crippen LogP contribution is -2.51. The normalized spacial score (nSPS) is 31.8. The minimum atomic E-state index is -2.00. The van der Waals surface area contributed by atoms with Gasteiger partial charge in [0.1, 0.15) is 6.10 Å². The summed E-state index contributed by atoms with van der Waals surface area (Å²) in [5.74, 6) is -0.276. The number of esters is 1. The molecule has 0 spiro atoms. The van der Waals surface area contributed by atoms with Crippen LogP contribution in [0.15, 0.2) is 12.2 Å². The Hall–Kier alpha value is -0.516. The summed E-state index contributed by atoms with van der Waals surface area (Å²) in [7, 11) is -3.90. The van der Waals surface area contributed by atoms with Crippen molar-refractivity contribution in [2.75, 3.05) is 6.61 Å². The van der Waals surface area contributed by atoms with Crippen molar-refractivity contribution >= 4 is 22.6 Å². The predicted molar refractivity (Wildman–Crippen MR) is 140 cm³/mol. The van der Waals surface area contributed by atoms with Gasteiger partial charge in [0.25, 0.3) is 0 Å². The third-order valence-corrected chi connectivity index (χ3v) is 17.7. The van der Waals surface area contributed by atoms with Crippen LogP contribution in [-0.4, -0.2) is 65.8 Å². The van der Waals surface area contributed by atoms with Crippen molar-refractivity contribution in [3.8, 4) is 0 Å². The Labute approximate surface area is 209 Å². The zero-order valence-corrected chi connectivity index (χ0v) is 25.1. The number of carbonyl (C=O) groups is 1. The van der Waals surface area contributed by atoms with Crippen LogP contribution < -0.4 is 0 Å². The molecule has 0 aliphatic carbocycles. The number of carbonyl (C=O) groups excluding carboxylic acids is 1. The number of cyclic esters (lactones) is 1. The first-order chi connectivity index (χ1) is 15.5. The lowest BCUT2D eigenvalue weighted by atomic mass is 10.0. The van der Waals surface area contributed by atoms with E-state index in [2.05, 4.69) is 67.7 Å². The lowest BCUT2D eigenvalue weighted by molar-refractivity contribution is -0.147. The number of ether oxygens (including phenoxy) is 3. The van der Waals surface area contributed by atoms with Gasteiger partial charge < -0.3 is 23.1 Å². The molecule has 0 unspecified atom stereocenters. The van der Waals surface area contributed by atoms with E-state index in [-0.39, 0.29) is 52.7 Å². The van der Waals surface area contributed by atoms with Crippen LogP contribution in [0.4, 0.5) is 0 Å². The smallest absolute Gasteiger partial charge is 0.331 e. The summed E-state index contributed by atoms with van der Waals surface area (Å²) >= 11 is 0. The van der Waals surface area contributed by atoms with Crippen molar-refractivity contribution in [1.82, 2.24) is 0 Å². The Morgan fingerprint density at radius 3 is 2.00 bits per heavy atom. The zero-order valence-electron chi connectivity index (χ0n) is 23.1. The highest BCUT2D eigenvalue weighted by Crippen LogP contribution is 2.41. The molecule has 3 aliphatic heterocycles. The fourth-order valence-electron chi connectivity index (χ4n) is 4.31. The highest BCUT2D eigenvalue weighted by molar-refractivity contribution is 6.74. The van der Waals surface area contributed by atoms with Crippen molar-refractivity contribution in [3.63, 3.8) is 0 Å². The zero-order chi connectivity index (χ0) is 25.5. The minimum absolute atomic E-state index is 0.00995. The first-order valence-corrected chi connectivity index (χ1v) is 18.8. The Morgan fingerprint density at radius 1 is 0.882 bits per heavy atom. The Bertz CT molecular complexity index is 751. The standard InChI is InChI=1S/C26H48O6Si2/c1-25(2,3)33(7,8)28-17-23(32-34(9,10)26(4,5)6)22-14-13-19(30-22)18-11-12-20(29-18)21-15-16-24(27)31-21/h15-16,18-23H,11-14,17H2,1-10H3/t18-,19-,20+,21+,22-,23-/m1/s1. The van der Waals surface area contributed by atoms with Crippen LogP contribution in [0.25, 0.3) is 0 Å². The van der Waals surface area contributed by atoms with E-state index in [1.807, 2.05) is 6.08 Å². The molecule has 2 fully saturated rings. The van der Waals surface area contributed by atoms with Gasteiger partial charge >= 0.3 is 5.97 Å². The third kappa shape index (κ3) is 6.42. The average Bonchev–Trinajstić information content (AvgIpc) is 3.42. The summed E-state index contributed by atoms with van der Waals surface area (Å²) in [6.07, 6.45) is 6.73. The molecule has 0 N–H and O–H groups in total. The second-order valence-electron chi connectivity index (χ2n) is 13.3. The van der Waals surface area contributed by atoms with Crippen molar-refractivity contribution in [2.45, 2.75) is 140 Å². The minimum Gasteiger partial charge on any atom is -0.452 e. The van der Waals surface area contributed by atoms with Gasteiger partial charge in [-0.2, -0.15) is 0 Å². The summed E-state index contributed by atoms with van der Waals surface area (Å²) in [6, 6.07) is 0. The molecule has 3 heterocycles. The maximum Gasteiger partial charge on any atom is 0.331 e. The van der Waals surface area contributed by atoms with Gasteiger partial charge in [0.15, 0.2) is 16.6 Å². The van der Waals surface area contributed by atoms with Crippen LogP contribution in [-0.2, 0) is 27.9 Å².